The Hall–Kier alpha value is -0.930. The van der Waals surface area contributed by atoms with Crippen LogP contribution in [0.25, 0.3) is 5.57 Å². The van der Waals surface area contributed by atoms with Gasteiger partial charge in [-0.25, -0.2) is 4.98 Å². The van der Waals surface area contributed by atoms with Crippen LogP contribution >= 0.6 is 12.4 Å². The number of rotatable bonds is 1. The Morgan fingerprint density at radius 2 is 2.20 bits per heavy atom. The molecule has 3 rings (SSSR count). The summed E-state index contributed by atoms with van der Waals surface area (Å²) >= 11 is 0. The summed E-state index contributed by atoms with van der Waals surface area (Å²) in [6, 6.07) is 4.21. The van der Waals surface area contributed by atoms with Gasteiger partial charge in [-0.05, 0) is 36.1 Å². The van der Waals surface area contributed by atoms with Crippen LogP contribution in [0.1, 0.15) is 18.4 Å². The Morgan fingerprint density at radius 1 is 1.33 bits per heavy atom. The number of hydrogen-bond acceptors (Lipinski definition) is 2. The van der Waals surface area contributed by atoms with E-state index in [1.54, 1.807) is 12.3 Å². The predicted molar refractivity (Wildman–Crippen MR) is 59.4 cm³/mol. The van der Waals surface area contributed by atoms with Crippen molar-refractivity contribution in [2.24, 2.45) is 0 Å². The third-order valence-corrected chi connectivity index (χ3v) is 3.00. The molecule has 3 heterocycles. The largest absolute Gasteiger partial charge is 0.304 e. The number of aromatic nitrogens is 1. The van der Waals surface area contributed by atoms with Crippen LogP contribution in [0, 0.1) is 5.95 Å². The molecule has 2 aliphatic rings. The molecule has 2 unspecified atom stereocenters. The second kappa shape index (κ2) is 3.91. The molecular weight excluding hydrogens is 215 g/mol. The lowest BCUT2D eigenvalue weighted by atomic mass is 9.94. The van der Waals surface area contributed by atoms with Crippen molar-refractivity contribution in [3.63, 3.8) is 0 Å². The van der Waals surface area contributed by atoms with Crippen molar-refractivity contribution in [1.29, 1.82) is 0 Å². The van der Waals surface area contributed by atoms with E-state index in [-0.39, 0.29) is 12.4 Å². The minimum atomic E-state index is -0.412. The molecule has 1 aromatic rings. The topological polar surface area (TPSA) is 24.9 Å². The van der Waals surface area contributed by atoms with E-state index in [0.717, 1.165) is 5.56 Å². The number of pyridine rings is 1. The van der Waals surface area contributed by atoms with Gasteiger partial charge >= 0.3 is 0 Å². The zero-order valence-electron chi connectivity index (χ0n) is 8.11. The summed E-state index contributed by atoms with van der Waals surface area (Å²) in [4.78, 5) is 3.67. The van der Waals surface area contributed by atoms with Gasteiger partial charge < -0.3 is 5.32 Å². The molecule has 1 aromatic heterocycles. The fourth-order valence-electron chi connectivity index (χ4n) is 2.32. The molecule has 0 radical (unpaired) electrons. The van der Waals surface area contributed by atoms with Crippen molar-refractivity contribution in [3.05, 3.63) is 35.9 Å². The van der Waals surface area contributed by atoms with Gasteiger partial charge in [0, 0.05) is 18.3 Å². The Morgan fingerprint density at radius 3 is 2.73 bits per heavy atom. The van der Waals surface area contributed by atoms with Gasteiger partial charge in [-0.3, -0.25) is 0 Å². The van der Waals surface area contributed by atoms with Crippen LogP contribution in [0.2, 0.25) is 0 Å². The Bertz CT molecular complexity index is 388. The molecular formula is C11H12ClFN2. The second-order valence-electron chi connectivity index (χ2n) is 3.89. The van der Waals surface area contributed by atoms with E-state index in [0.29, 0.717) is 12.1 Å². The first-order chi connectivity index (χ1) is 6.83. The number of nitrogens with one attached hydrogen (secondary N) is 1. The zero-order chi connectivity index (χ0) is 9.54. The molecule has 0 aromatic carbocycles. The number of nitrogens with zero attached hydrogens (tertiary/aromatic N) is 1. The molecule has 2 atom stereocenters. The quantitative estimate of drug-likeness (QED) is 0.743. The van der Waals surface area contributed by atoms with Crippen molar-refractivity contribution in [3.8, 4) is 0 Å². The zero-order valence-corrected chi connectivity index (χ0v) is 8.93. The van der Waals surface area contributed by atoms with E-state index in [1.807, 2.05) is 0 Å². The van der Waals surface area contributed by atoms with E-state index in [1.165, 1.54) is 24.5 Å². The first-order valence-corrected chi connectivity index (χ1v) is 4.92. The SMILES string of the molecule is Cl.Fc1ccc(C2=CC3CCC2N3)cn1. The average molecular weight is 227 g/mol. The lowest BCUT2D eigenvalue weighted by molar-refractivity contribution is 0.583. The molecule has 2 aliphatic heterocycles. The smallest absolute Gasteiger partial charge is 0.212 e. The van der Waals surface area contributed by atoms with Crippen molar-refractivity contribution >= 4 is 18.0 Å². The highest BCUT2D eigenvalue weighted by atomic mass is 35.5. The first kappa shape index (κ1) is 10.6. The third kappa shape index (κ3) is 1.77. The summed E-state index contributed by atoms with van der Waals surface area (Å²) in [6.07, 6.45) is 6.27. The fraction of sp³-hybridized carbons (Fsp3) is 0.364. The lowest BCUT2D eigenvalue weighted by Crippen LogP contribution is -2.21. The molecule has 0 aliphatic carbocycles. The molecule has 2 bridgehead atoms. The van der Waals surface area contributed by atoms with Crippen molar-refractivity contribution in [2.75, 3.05) is 0 Å². The highest BCUT2D eigenvalue weighted by Gasteiger charge is 2.32. The molecule has 1 fully saturated rings. The average Bonchev–Trinajstić information content (AvgIpc) is 2.80. The summed E-state index contributed by atoms with van der Waals surface area (Å²) in [5.74, 6) is -0.412. The third-order valence-electron chi connectivity index (χ3n) is 3.00. The van der Waals surface area contributed by atoms with Crippen LogP contribution in [0.3, 0.4) is 0 Å². The monoisotopic (exact) mass is 226 g/mol. The van der Waals surface area contributed by atoms with Crippen LogP contribution in [-0.2, 0) is 0 Å². The van der Waals surface area contributed by atoms with E-state index >= 15 is 0 Å². The molecule has 4 heteroatoms. The summed E-state index contributed by atoms with van der Waals surface area (Å²) in [7, 11) is 0. The molecule has 1 saturated heterocycles. The van der Waals surface area contributed by atoms with E-state index in [2.05, 4.69) is 16.4 Å². The van der Waals surface area contributed by atoms with E-state index in [4.69, 9.17) is 0 Å². The molecule has 0 amide bonds. The van der Waals surface area contributed by atoms with Gasteiger partial charge in [0.05, 0.1) is 0 Å². The van der Waals surface area contributed by atoms with E-state index < -0.39 is 5.95 Å². The standard InChI is InChI=1S/C11H11FN2.ClH/c12-11-4-1-7(6-13-11)9-5-8-2-3-10(9)14-8;/h1,4-6,8,10,14H,2-3H2;1H. The van der Waals surface area contributed by atoms with Crippen molar-refractivity contribution in [2.45, 2.75) is 24.9 Å². The summed E-state index contributed by atoms with van der Waals surface area (Å²) < 4.78 is 12.6. The molecule has 80 valence electrons. The maximum absolute atomic E-state index is 12.6. The maximum Gasteiger partial charge on any atom is 0.212 e. The highest BCUT2D eigenvalue weighted by Crippen LogP contribution is 2.33. The van der Waals surface area contributed by atoms with Gasteiger partial charge in [0.25, 0.3) is 0 Å². The number of hydrogen-bond donors (Lipinski definition) is 1. The minimum Gasteiger partial charge on any atom is -0.304 e. The second-order valence-corrected chi connectivity index (χ2v) is 3.89. The highest BCUT2D eigenvalue weighted by molar-refractivity contribution is 5.85. The van der Waals surface area contributed by atoms with Crippen LogP contribution in [0.15, 0.2) is 24.4 Å². The van der Waals surface area contributed by atoms with Gasteiger partial charge in [0.15, 0.2) is 0 Å². The molecule has 15 heavy (non-hydrogen) atoms. The van der Waals surface area contributed by atoms with Crippen molar-refractivity contribution < 1.29 is 4.39 Å². The summed E-state index contributed by atoms with van der Waals surface area (Å²) in [6.45, 7) is 0. The number of halogens is 2. The van der Waals surface area contributed by atoms with Gasteiger partial charge in [0.1, 0.15) is 0 Å². The van der Waals surface area contributed by atoms with Gasteiger partial charge in [-0.15, -0.1) is 12.4 Å². The van der Waals surface area contributed by atoms with Crippen LogP contribution in [0.5, 0.6) is 0 Å². The summed E-state index contributed by atoms with van der Waals surface area (Å²) in [5, 5.41) is 3.48. The van der Waals surface area contributed by atoms with Crippen LogP contribution in [0.4, 0.5) is 4.39 Å². The van der Waals surface area contributed by atoms with Crippen molar-refractivity contribution in [1.82, 2.24) is 10.3 Å². The molecule has 0 saturated carbocycles. The predicted octanol–water partition coefficient (Wildman–Crippen LogP) is 2.16. The van der Waals surface area contributed by atoms with Crippen LogP contribution in [-0.4, -0.2) is 17.1 Å². The minimum absolute atomic E-state index is 0. The number of fused-ring (bicyclic) bond motifs is 2. The molecule has 0 spiro atoms. The van der Waals surface area contributed by atoms with Gasteiger partial charge in [-0.1, -0.05) is 6.08 Å². The Labute approximate surface area is 94.0 Å². The fourth-order valence-corrected chi connectivity index (χ4v) is 2.32. The molecule has 2 nitrogen and oxygen atoms in total. The Balaban J connectivity index is 0.000000853. The normalized spacial score (nSPS) is 27.4. The van der Waals surface area contributed by atoms with Gasteiger partial charge in [-0.2, -0.15) is 4.39 Å². The lowest BCUT2D eigenvalue weighted by Gasteiger charge is -2.11. The summed E-state index contributed by atoms with van der Waals surface area (Å²) in [5.41, 5.74) is 2.33. The first-order valence-electron chi connectivity index (χ1n) is 4.92. The maximum atomic E-state index is 12.6. The van der Waals surface area contributed by atoms with Gasteiger partial charge in [0.2, 0.25) is 5.95 Å². The van der Waals surface area contributed by atoms with E-state index in [9.17, 15) is 4.39 Å². The molecule has 1 N–H and O–H groups in total. The Kier molecular flexibility index (Phi) is 2.76. The van der Waals surface area contributed by atoms with Crippen LogP contribution < -0.4 is 5.32 Å².